The Bertz CT molecular complexity index is 1090. The molecule has 31 heavy (non-hydrogen) atoms. The van der Waals surface area contributed by atoms with Crippen molar-refractivity contribution in [3.05, 3.63) is 52.0 Å². The largest absolute Gasteiger partial charge is 0.493 e. The fraction of sp³-hybridized carbons (Fsp3) is 0.300. The van der Waals surface area contributed by atoms with E-state index in [0.717, 1.165) is 0 Å². The summed E-state index contributed by atoms with van der Waals surface area (Å²) in [6.07, 6.45) is 2.32. The van der Waals surface area contributed by atoms with Crippen molar-refractivity contribution >= 4 is 45.3 Å². The van der Waals surface area contributed by atoms with E-state index in [-0.39, 0.29) is 11.4 Å². The van der Waals surface area contributed by atoms with Crippen LogP contribution in [0.2, 0.25) is 10.0 Å². The zero-order valence-electron chi connectivity index (χ0n) is 16.8. The molecule has 1 N–H and O–H groups in total. The van der Waals surface area contributed by atoms with E-state index in [4.69, 9.17) is 32.7 Å². The van der Waals surface area contributed by atoms with Crippen molar-refractivity contribution in [2.45, 2.75) is 23.8 Å². The molecule has 0 unspecified atom stereocenters. The molecule has 11 heteroatoms. The average molecular weight is 486 g/mol. The van der Waals surface area contributed by atoms with Crippen molar-refractivity contribution in [1.82, 2.24) is 9.73 Å². The molecule has 1 saturated heterocycles. The molecule has 3 rings (SSSR count). The van der Waals surface area contributed by atoms with Crippen molar-refractivity contribution in [3.8, 4) is 11.5 Å². The van der Waals surface area contributed by atoms with Crippen LogP contribution in [0.25, 0.3) is 0 Å². The summed E-state index contributed by atoms with van der Waals surface area (Å²) in [6.45, 7) is 0.244. The minimum absolute atomic E-state index is 0.0808. The normalized spacial score (nSPS) is 17.1. The molecule has 0 aromatic heterocycles. The predicted octanol–water partition coefficient (Wildman–Crippen LogP) is 3.31. The van der Waals surface area contributed by atoms with Gasteiger partial charge in [-0.3, -0.25) is 4.79 Å². The van der Waals surface area contributed by atoms with E-state index in [1.165, 1.54) is 49.0 Å². The predicted molar refractivity (Wildman–Crippen MR) is 119 cm³/mol. The second-order valence-corrected chi connectivity index (χ2v) is 9.42. The Kier molecular flexibility index (Phi) is 7.42. The maximum absolute atomic E-state index is 13.0. The highest BCUT2D eigenvalue weighted by Gasteiger charge is 2.39. The third-order valence-electron chi connectivity index (χ3n) is 4.81. The van der Waals surface area contributed by atoms with Crippen LogP contribution in [-0.4, -0.2) is 51.7 Å². The van der Waals surface area contributed by atoms with Crippen LogP contribution < -0.4 is 14.9 Å². The van der Waals surface area contributed by atoms with Crippen LogP contribution >= 0.6 is 23.2 Å². The topological polar surface area (TPSA) is 97.3 Å². The molecule has 1 amide bonds. The minimum Gasteiger partial charge on any atom is -0.493 e. The molecule has 2 aromatic carbocycles. The number of carbonyl (C=O) groups is 1. The fourth-order valence-electron chi connectivity index (χ4n) is 3.24. The molecule has 166 valence electrons. The van der Waals surface area contributed by atoms with Gasteiger partial charge in [0.15, 0.2) is 11.5 Å². The van der Waals surface area contributed by atoms with Crippen molar-refractivity contribution < 1.29 is 22.7 Å². The van der Waals surface area contributed by atoms with Gasteiger partial charge in [-0.05, 0) is 43.2 Å². The second-order valence-electron chi connectivity index (χ2n) is 6.69. The molecular weight excluding hydrogens is 465 g/mol. The van der Waals surface area contributed by atoms with Crippen molar-refractivity contribution in [3.63, 3.8) is 0 Å². The zero-order chi connectivity index (χ0) is 22.6. The van der Waals surface area contributed by atoms with Gasteiger partial charge in [0.2, 0.25) is 10.0 Å². The van der Waals surface area contributed by atoms with Gasteiger partial charge in [-0.2, -0.15) is 9.41 Å². The molecule has 1 atom stereocenters. The van der Waals surface area contributed by atoms with Crippen LogP contribution in [0, 0.1) is 0 Å². The molecule has 0 aliphatic carbocycles. The summed E-state index contributed by atoms with van der Waals surface area (Å²) in [5, 5.41) is 4.71. The molecule has 0 spiro atoms. The van der Waals surface area contributed by atoms with Crippen LogP contribution in [0.1, 0.15) is 18.4 Å². The Hall–Kier alpha value is -2.33. The van der Waals surface area contributed by atoms with Gasteiger partial charge in [0, 0.05) is 23.2 Å². The number of carbonyl (C=O) groups excluding carboxylic acids is 1. The van der Waals surface area contributed by atoms with Gasteiger partial charge in [0.1, 0.15) is 6.04 Å². The van der Waals surface area contributed by atoms with Gasteiger partial charge in [-0.25, -0.2) is 13.8 Å². The summed E-state index contributed by atoms with van der Waals surface area (Å²) in [7, 11) is -0.856. The van der Waals surface area contributed by atoms with Gasteiger partial charge in [0.25, 0.3) is 5.91 Å². The summed E-state index contributed by atoms with van der Waals surface area (Å²) in [5.41, 5.74) is 2.90. The first-order valence-corrected chi connectivity index (χ1v) is 11.5. The number of hydrogen-bond donors (Lipinski definition) is 1. The Morgan fingerprint density at radius 3 is 2.45 bits per heavy atom. The highest BCUT2D eigenvalue weighted by Crippen LogP contribution is 2.32. The van der Waals surface area contributed by atoms with E-state index in [0.29, 0.717) is 39.9 Å². The maximum atomic E-state index is 13.0. The van der Waals surface area contributed by atoms with E-state index >= 15 is 0 Å². The maximum Gasteiger partial charge on any atom is 0.258 e. The van der Waals surface area contributed by atoms with Gasteiger partial charge >= 0.3 is 0 Å². The lowest BCUT2D eigenvalue weighted by Gasteiger charge is -2.22. The summed E-state index contributed by atoms with van der Waals surface area (Å²) in [5.74, 6) is 0.390. The standard InChI is InChI=1S/C20H21Cl2N3O5S/c1-29-18-10-13(16(22)11-19(18)30-2)12-23-24-20(26)17-4-3-9-25(17)31(27,28)15-7-5-14(21)6-8-15/h5-8,10-12,17H,3-4,9H2,1-2H3,(H,24,26)/b23-12-/t17-/m0/s1. The number of halogens is 2. The number of ether oxygens (including phenoxy) is 2. The number of benzene rings is 2. The van der Waals surface area contributed by atoms with Gasteiger partial charge in [-0.15, -0.1) is 0 Å². The first-order valence-electron chi connectivity index (χ1n) is 9.29. The number of methoxy groups -OCH3 is 2. The molecule has 1 aliphatic rings. The fourth-order valence-corrected chi connectivity index (χ4v) is 5.23. The minimum atomic E-state index is -3.84. The first kappa shape index (κ1) is 23.3. The van der Waals surface area contributed by atoms with Crippen molar-refractivity contribution in [2.24, 2.45) is 5.10 Å². The lowest BCUT2D eigenvalue weighted by molar-refractivity contribution is -0.124. The summed E-state index contributed by atoms with van der Waals surface area (Å²) in [6, 6.07) is 8.15. The SMILES string of the molecule is COc1cc(Cl)c(/C=N\NC(=O)[C@@H]2CCCN2S(=O)(=O)c2ccc(Cl)cc2)cc1OC. The van der Waals surface area contributed by atoms with E-state index in [1.54, 1.807) is 12.1 Å². The molecule has 1 heterocycles. The molecule has 0 bridgehead atoms. The van der Waals surface area contributed by atoms with Crippen molar-refractivity contribution in [1.29, 1.82) is 0 Å². The Labute approximate surface area is 190 Å². The monoisotopic (exact) mass is 485 g/mol. The highest BCUT2D eigenvalue weighted by molar-refractivity contribution is 7.89. The molecule has 2 aromatic rings. The number of amides is 1. The third-order valence-corrected chi connectivity index (χ3v) is 7.31. The lowest BCUT2D eigenvalue weighted by Crippen LogP contribution is -2.44. The quantitative estimate of drug-likeness (QED) is 0.479. The van der Waals surface area contributed by atoms with Crippen LogP contribution in [0.3, 0.4) is 0 Å². The van der Waals surface area contributed by atoms with E-state index in [1.807, 2.05) is 0 Å². The van der Waals surface area contributed by atoms with Crippen LogP contribution in [0.15, 0.2) is 46.4 Å². The summed E-state index contributed by atoms with van der Waals surface area (Å²) >= 11 is 12.0. The molecule has 8 nitrogen and oxygen atoms in total. The lowest BCUT2D eigenvalue weighted by atomic mass is 10.2. The Balaban J connectivity index is 1.73. The number of hydrogen-bond acceptors (Lipinski definition) is 6. The molecule has 1 fully saturated rings. The van der Waals surface area contributed by atoms with Gasteiger partial charge in [-0.1, -0.05) is 23.2 Å². The summed E-state index contributed by atoms with van der Waals surface area (Å²) < 4.78 is 37.5. The van der Waals surface area contributed by atoms with Crippen molar-refractivity contribution in [2.75, 3.05) is 20.8 Å². The van der Waals surface area contributed by atoms with Gasteiger partial charge in [0.05, 0.1) is 30.4 Å². The molecule has 0 radical (unpaired) electrons. The Morgan fingerprint density at radius 1 is 1.16 bits per heavy atom. The smallest absolute Gasteiger partial charge is 0.258 e. The number of nitrogens with zero attached hydrogens (tertiary/aromatic N) is 2. The van der Waals surface area contributed by atoms with Crippen LogP contribution in [0.4, 0.5) is 0 Å². The zero-order valence-corrected chi connectivity index (χ0v) is 19.2. The van der Waals surface area contributed by atoms with Gasteiger partial charge < -0.3 is 9.47 Å². The second kappa shape index (κ2) is 9.86. The molecular formula is C20H21Cl2N3O5S. The van der Waals surface area contributed by atoms with Crippen LogP contribution in [-0.2, 0) is 14.8 Å². The first-order chi connectivity index (χ1) is 14.8. The third kappa shape index (κ3) is 5.12. The average Bonchev–Trinajstić information content (AvgIpc) is 3.26. The van der Waals surface area contributed by atoms with E-state index < -0.39 is 22.0 Å². The Morgan fingerprint density at radius 2 is 1.81 bits per heavy atom. The number of nitrogens with one attached hydrogen (secondary N) is 1. The van der Waals surface area contributed by atoms with Crippen LogP contribution in [0.5, 0.6) is 11.5 Å². The van der Waals surface area contributed by atoms with E-state index in [2.05, 4.69) is 10.5 Å². The van der Waals surface area contributed by atoms with E-state index in [9.17, 15) is 13.2 Å². The molecule has 1 aliphatic heterocycles. The molecule has 0 saturated carbocycles. The number of sulfonamides is 1. The summed E-state index contributed by atoms with van der Waals surface area (Å²) in [4.78, 5) is 12.7. The number of rotatable bonds is 7. The highest BCUT2D eigenvalue weighted by atomic mass is 35.5. The number of hydrazone groups is 1.